The van der Waals surface area contributed by atoms with Gasteiger partial charge in [0, 0.05) is 5.56 Å². The lowest BCUT2D eigenvalue weighted by atomic mass is 10.1. The van der Waals surface area contributed by atoms with Crippen LogP contribution in [-0.4, -0.2) is 16.5 Å². The molecule has 0 aliphatic carbocycles. The van der Waals surface area contributed by atoms with Crippen molar-refractivity contribution in [3.8, 4) is 11.3 Å². The molecule has 0 saturated heterocycles. The Morgan fingerprint density at radius 1 is 1.40 bits per heavy atom. The number of aromatic nitrogens is 2. The Morgan fingerprint density at radius 2 is 2.13 bits per heavy atom. The number of nitrogens with zero attached hydrogens (tertiary/aromatic N) is 1. The van der Waals surface area contributed by atoms with E-state index in [0.717, 1.165) is 0 Å². The number of carbonyl (C=O) groups excluding carboxylic acids is 1. The number of aromatic amines is 1. The van der Waals surface area contributed by atoms with Gasteiger partial charge in [0.25, 0.3) is 0 Å². The SMILES string of the molecule is O=Cc1[nH]nc(-c2ccccc2F)c1Br. The molecule has 0 aliphatic heterocycles. The fourth-order valence-electron chi connectivity index (χ4n) is 1.25. The third-order valence-corrected chi connectivity index (χ3v) is 2.78. The van der Waals surface area contributed by atoms with E-state index in [-0.39, 0.29) is 5.82 Å². The molecule has 0 aliphatic rings. The summed E-state index contributed by atoms with van der Waals surface area (Å²) >= 11 is 3.19. The van der Waals surface area contributed by atoms with Gasteiger partial charge in [-0.1, -0.05) is 12.1 Å². The fourth-order valence-corrected chi connectivity index (χ4v) is 1.74. The molecule has 0 spiro atoms. The number of hydrogen-bond acceptors (Lipinski definition) is 2. The second-order valence-electron chi connectivity index (χ2n) is 2.90. The highest BCUT2D eigenvalue weighted by Gasteiger charge is 2.14. The van der Waals surface area contributed by atoms with Crippen molar-refractivity contribution in [1.82, 2.24) is 10.2 Å². The minimum absolute atomic E-state index is 0.299. The second kappa shape index (κ2) is 3.94. The summed E-state index contributed by atoms with van der Waals surface area (Å²) in [5.41, 5.74) is 1.05. The summed E-state index contributed by atoms with van der Waals surface area (Å²) in [6.07, 6.45) is 0.626. The molecule has 15 heavy (non-hydrogen) atoms. The molecule has 1 aromatic heterocycles. The maximum absolute atomic E-state index is 13.4. The molecule has 5 heteroatoms. The summed E-state index contributed by atoms with van der Waals surface area (Å²) in [6, 6.07) is 6.25. The first-order chi connectivity index (χ1) is 7.24. The van der Waals surface area contributed by atoms with Crippen LogP contribution in [0.3, 0.4) is 0 Å². The van der Waals surface area contributed by atoms with E-state index in [0.29, 0.717) is 27.7 Å². The second-order valence-corrected chi connectivity index (χ2v) is 3.69. The number of nitrogens with one attached hydrogen (secondary N) is 1. The molecule has 2 aromatic rings. The van der Waals surface area contributed by atoms with Gasteiger partial charge in [-0.25, -0.2) is 4.39 Å². The molecule has 1 heterocycles. The topological polar surface area (TPSA) is 45.8 Å². The summed E-state index contributed by atoms with van der Waals surface area (Å²) in [6.45, 7) is 0. The summed E-state index contributed by atoms with van der Waals surface area (Å²) in [7, 11) is 0. The van der Waals surface area contributed by atoms with Crippen LogP contribution in [0.4, 0.5) is 4.39 Å². The molecular weight excluding hydrogens is 263 g/mol. The van der Waals surface area contributed by atoms with E-state index in [1.54, 1.807) is 18.2 Å². The minimum atomic E-state index is -0.373. The van der Waals surface area contributed by atoms with Crippen molar-refractivity contribution in [2.75, 3.05) is 0 Å². The van der Waals surface area contributed by atoms with Crippen LogP contribution in [0.5, 0.6) is 0 Å². The van der Waals surface area contributed by atoms with Crippen molar-refractivity contribution in [3.05, 3.63) is 40.2 Å². The molecule has 0 fully saturated rings. The number of benzene rings is 1. The normalized spacial score (nSPS) is 10.3. The molecule has 76 valence electrons. The van der Waals surface area contributed by atoms with Crippen molar-refractivity contribution in [2.24, 2.45) is 0 Å². The monoisotopic (exact) mass is 268 g/mol. The van der Waals surface area contributed by atoms with Gasteiger partial charge in [-0.15, -0.1) is 0 Å². The van der Waals surface area contributed by atoms with Crippen molar-refractivity contribution in [1.29, 1.82) is 0 Å². The zero-order valence-corrected chi connectivity index (χ0v) is 9.08. The predicted octanol–water partition coefficient (Wildman–Crippen LogP) is 2.79. The van der Waals surface area contributed by atoms with E-state index >= 15 is 0 Å². The van der Waals surface area contributed by atoms with Gasteiger partial charge < -0.3 is 0 Å². The largest absolute Gasteiger partial charge is 0.296 e. The molecular formula is C10H6BrFN2O. The first-order valence-corrected chi connectivity index (χ1v) is 4.97. The van der Waals surface area contributed by atoms with E-state index in [1.807, 2.05) is 0 Å². The Hall–Kier alpha value is -1.49. The quantitative estimate of drug-likeness (QED) is 0.852. The van der Waals surface area contributed by atoms with Gasteiger partial charge in [0.15, 0.2) is 6.29 Å². The molecule has 0 unspecified atom stereocenters. The number of aldehydes is 1. The Labute approximate surface area is 93.4 Å². The van der Waals surface area contributed by atoms with Crippen LogP contribution in [0.1, 0.15) is 10.5 Å². The number of rotatable bonds is 2. The molecule has 1 N–H and O–H groups in total. The smallest absolute Gasteiger partial charge is 0.169 e. The first-order valence-electron chi connectivity index (χ1n) is 4.18. The Balaban J connectivity index is 2.59. The van der Waals surface area contributed by atoms with E-state index in [9.17, 15) is 9.18 Å². The predicted molar refractivity (Wildman–Crippen MR) is 57.1 cm³/mol. The van der Waals surface area contributed by atoms with Crippen LogP contribution in [0.2, 0.25) is 0 Å². The van der Waals surface area contributed by atoms with Crippen LogP contribution in [-0.2, 0) is 0 Å². The van der Waals surface area contributed by atoms with Gasteiger partial charge in [-0.2, -0.15) is 5.10 Å². The average Bonchev–Trinajstić information content (AvgIpc) is 2.60. The molecule has 0 radical (unpaired) electrons. The van der Waals surface area contributed by atoms with Gasteiger partial charge in [0.2, 0.25) is 0 Å². The van der Waals surface area contributed by atoms with Crippen LogP contribution in [0.25, 0.3) is 11.3 Å². The Morgan fingerprint density at radius 3 is 2.73 bits per heavy atom. The third kappa shape index (κ3) is 1.70. The molecule has 0 bridgehead atoms. The summed E-state index contributed by atoms with van der Waals surface area (Å²) in [4.78, 5) is 10.6. The lowest BCUT2D eigenvalue weighted by Gasteiger charge is -1.98. The highest BCUT2D eigenvalue weighted by molar-refractivity contribution is 9.10. The van der Waals surface area contributed by atoms with Crippen LogP contribution in [0, 0.1) is 5.82 Å². The van der Waals surface area contributed by atoms with Gasteiger partial charge in [-0.05, 0) is 28.1 Å². The molecule has 0 amide bonds. The lowest BCUT2D eigenvalue weighted by Crippen LogP contribution is -1.84. The third-order valence-electron chi connectivity index (χ3n) is 1.98. The molecule has 0 saturated carbocycles. The summed E-state index contributed by atoms with van der Waals surface area (Å²) < 4.78 is 13.9. The molecule has 1 aromatic carbocycles. The number of carbonyl (C=O) groups is 1. The zero-order valence-electron chi connectivity index (χ0n) is 7.50. The molecule has 2 rings (SSSR count). The standard InChI is InChI=1S/C10H6BrFN2O/c11-9-8(5-15)13-14-10(9)6-3-1-2-4-7(6)12/h1-5H,(H,13,14). The number of halogens is 2. The summed E-state index contributed by atoms with van der Waals surface area (Å²) in [5, 5.41) is 6.39. The highest BCUT2D eigenvalue weighted by atomic mass is 79.9. The first kappa shape index (κ1) is 10.0. The van der Waals surface area contributed by atoms with Crippen LogP contribution >= 0.6 is 15.9 Å². The number of H-pyrrole nitrogens is 1. The highest BCUT2D eigenvalue weighted by Crippen LogP contribution is 2.29. The molecule has 0 atom stereocenters. The van der Waals surface area contributed by atoms with Gasteiger partial charge in [0.05, 0.1) is 4.47 Å². The van der Waals surface area contributed by atoms with Crippen LogP contribution in [0.15, 0.2) is 28.7 Å². The Kier molecular flexibility index (Phi) is 2.64. The van der Waals surface area contributed by atoms with Gasteiger partial charge in [-0.3, -0.25) is 9.89 Å². The van der Waals surface area contributed by atoms with Crippen molar-refractivity contribution >= 4 is 22.2 Å². The van der Waals surface area contributed by atoms with Crippen LogP contribution < -0.4 is 0 Å². The number of hydrogen-bond donors (Lipinski definition) is 1. The zero-order chi connectivity index (χ0) is 10.8. The van der Waals surface area contributed by atoms with Gasteiger partial charge in [0.1, 0.15) is 17.2 Å². The molecule has 3 nitrogen and oxygen atoms in total. The van der Waals surface area contributed by atoms with Crippen molar-refractivity contribution in [3.63, 3.8) is 0 Å². The Bertz CT molecular complexity index is 510. The van der Waals surface area contributed by atoms with Gasteiger partial charge >= 0.3 is 0 Å². The summed E-state index contributed by atoms with van der Waals surface area (Å²) in [5.74, 6) is -0.373. The lowest BCUT2D eigenvalue weighted by molar-refractivity contribution is 0.111. The van der Waals surface area contributed by atoms with E-state index in [1.165, 1.54) is 6.07 Å². The van der Waals surface area contributed by atoms with E-state index in [4.69, 9.17) is 0 Å². The van der Waals surface area contributed by atoms with E-state index < -0.39 is 0 Å². The maximum Gasteiger partial charge on any atom is 0.169 e. The minimum Gasteiger partial charge on any atom is -0.296 e. The van der Waals surface area contributed by atoms with E-state index in [2.05, 4.69) is 26.1 Å². The van der Waals surface area contributed by atoms with Crippen molar-refractivity contribution < 1.29 is 9.18 Å². The van der Waals surface area contributed by atoms with Crippen molar-refractivity contribution in [2.45, 2.75) is 0 Å². The fraction of sp³-hybridized carbons (Fsp3) is 0. The maximum atomic E-state index is 13.4. The average molecular weight is 269 g/mol.